The van der Waals surface area contributed by atoms with Gasteiger partial charge in [-0.3, -0.25) is 4.90 Å². The number of nitrogens with one attached hydrogen (secondary N) is 1. The topological polar surface area (TPSA) is 35.5 Å². The van der Waals surface area contributed by atoms with Crippen LogP contribution in [0.25, 0.3) is 0 Å². The average Bonchev–Trinajstić information content (AvgIpc) is 2.29. The van der Waals surface area contributed by atoms with E-state index in [0.717, 1.165) is 19.4 Å². The van der Waals surface area contributed by atoms with Gasteiger partial charge in [-0.2, -0.15) is 0 Å². The summed E-state index contributed by atoms with van der Waals surface area (Å²) in [5.41, 5.74) is 0. The molecule has 0 radical (unpaired) electrons. The van der Waals surface area contributed by atoms with Crippen LogP contribution < -0.4 is 5.32 Å². The minimum absolute atomic E-state index is 0.327. The molecule has 1 fully saturated rings. The van der Waals surface area contributed by atoms with Gasteiger partial charge in [0.2, 0.25) is 0 Å². The Labute approximate surface area is 100 Å². The molecule has 1 atom stereocenters. The summed E-state index contributed by atoms with van der Waals surface area (Å²) in [7, 11) is 0. The molecule has 16 heavy (non-hydrogen) atoms. The minimum atomic E-state index is 0.327. The number of piperidine rings is 1. The first kappa shape index (κ1) is 13.9. The van der Waals surface area contributed by atoms with Crippen LogP contribution in [0.2, 0.25) is 0 Å². The van der Waals surface area contributed by atoms with E-state index >= 15 is 0 Å². The summed E-state index contributed by atoms with van der Waals surface area (Å²) < 4.78 is 0. The Morgan fingerprint density at radius 3 is 2.69 bits per heavy atom. The molecule has 0 saturated carbocycles. The second-order valence-corrected chi connectivity index (χ2v) is 5.17. The Bertz CT molecular complexity index is 167. The quantitative estimate of drug-likeness (QED) is 0.650. The maximum Gasteiger partial charge on any atom is 0.0431 e. The average molecular weight is 228 g/mol. The lowest BCUT2D eigenvalue weighted by Crippen LogP contribution is -2.46. The zero-order chi connectivity index (χ0) is 11.8. The number of hydrogen-bond acceptors (Lipinski definition) is 3. The fourth-order valence-corrected chi connectivity index (χ4v) is 2.35. The normalized spacial score (nSPS) is 21.9. The highest BCUT2D eigenvalue weighted by Crippen LogP contribution is 2.11. The van der Waals surface area contributed by atoms with E-state index in [9.17, 15) is 0 Å². The molecule has 1 rings (SSSR count). The van der Waals surface area contributed by atoms with Crippen molar-refractivity contribution in [3.8, 4) is 0 Å². The second kappa shape index (κ2) is 8.04. The summed E-state index contributed by atoms with van der Waals surface area (Å²) in [6.07, 6.45) is 6.08. The van der Waals surface area contributed by atoms with Crippen LogP contribution in [0.5, 0.6) is 0 Å². The minimum Gasteiger partial charge on any atom is -0.396 e. The predicted octanol–water partition coefficient (Wildman–Crippen LogP) is 1.61. The Morgan fingerprint density at radius 1 is 1.31 bits per heavy atom. The molecule has 0 aromatic carbocycles. The van der Waals surface area contributed by atoms with Crippen LogP contribution >= 0.6 is 0 Å². The Kier molecular flexibility index (Phi) is 7.01. The molecule has 0 spiro atoms. The molecule has 3 heteroatoms. The molecule has 0 aromatic heterocycles. The summed E-state index contributed by atoms with van der Waals surface area (Å²) in [4.78, 5) is 2.54. The van der Waals surface area contributed by atoms with Crippen molar-refractivity contribution in [2.45, 2.75) is 58.0 Å². The lowest BCUT2D eigenvalue weighted by molar-refractivity contribution is 0.175. The number of rotatable bonds is 7. The van der Waals surface area contributed by atoms with E-state index < -0.39 is 0 Å². The van der Waals surface area contributed by atoms with Crippen LogP contribution in [0, 0.1) is 0 Å². The molecule has 1 unspecified atom stereocenters. The predicted molar refractivity (Wildman–Crippen MR) is 68.7 cm³/mol. The number of unbranched alkanes of at least 4 members (excludes halogenated alkanes) is 1. The van der Waals surface area contributed by atoms with Gasteiger partial charge in [0.1, 0.15) is 0 Å². The first-order valence-corrected chi connectivity index (χ1v) is 6.82. The highest BCUT2D eigenvalue weighted by atomic mass is 16.2. The van der Waals surface area contributed by atoms with Crippen LogP contribution in [-0.2, 0) is 0 Å². The fraction of sp³-hybridized carbons (Fsp3) is 1.00. The van der Waals surface area contributed by atoms with Gasteiger partial charge in [0.15, 0.2) is 0 Å². The molecular formula is C13H28N2O. The van der Waals surface area contributed by atoms with Crippen LogP contribution in [0.3, 0.4) is 0 Å². The van der Waals surface area contributed by atoms with Crippen LogP contribution in [0.1, 0.15) is 46.0 Å². The maximum atomic E-state index is 8.81. The van der Waals surface area contributed by atoms with Crippen molar-refractivity contribution in [1.82, 2.24) is 10.2 Å². The van der Waals surface area contributed by atoms with Crippen molar-refractivity contribution in [3.63, 3.8) is 0 Å². The number of aliphatic hydroxyl groups is 1. The Balaban J connectivity index is 2.25. The summed E-state index contributed by atoms with van der Waals surface area (Å²) >= 11 is 0. The van der Waals surface area contributed by atoms with E-state index in [4.69, 9.17) is 5.11 Å². The van der Waals surface area contributed by atoms with Crippen LogP contribution in [0.4, 0.5) is 0 Å². The van der Waals surface area contributed by atoms with Gasteiger partial charge in [-0.15, -0.1) is 0 Å². The number of hydrogen-bond donors (Lipinski definition) is 2. The molecule has 1 aliphatic heterocycles. The van der Waals surface area contributed by atoms with Gasteiger partial charge >= 0.3 is 0 Å². The second-order valence-electron chi connectivity index (χ2n) is 5.17. The molecule has 1 saturated heterocycles. The highest BCUT2D eigenvalue weighted by molar-refractivity contribution is 4.77. The fourth-order valence-electron chi connectivity index (χ4n) is 2.35. The molecule has 0 aromatic rings. The van der Waals surface area contributed by atoms with E-state index in [1.165, 1.54) is 32.4 Å². The molecule has 1 heterocycles. The smallest absolute Gasteiger partial charge is 0.0431 e. The van der Waals surface area contributed by atoms with Crippen molar-refractivity contribution in [1.29, 1.82) is 0 Å². The Morgan fingerprint density at radius 2 is 2.12 bits per heavy atom. The third-order valence-electron chi connectivity index (χ3n) is 3.45. The molecule has 96 valence electrons. The van der Waals surface area contributed by atoms with Gasteiger partial charge in [-0.25, -0.2) is 0 Å². The van der Waals surface area contributed by atoms with Gasteiger partial charge in [0, 0.05) is 25.2 Å². The third kappa shape index (κ3) is 5.28. The molecule has 2 N–H and O–H groups in total. The van der Waals surface area contributed by atoms with Crippen molar-refractivity contribution in [3.05, 3.63) is 0 Å². The van der Waals surface area contributed by atoms with Crippen molar-refractivity contribution >= 4 is 0 Å². The molecule has 1 aliphatic rings. The van der Waals surface area contributed by atoms with Gasteiger partial charge < -0.3 is 10.4 Å². The molecule has 0 bridgehead atoms. The number of nitrogens with zero attached hydrogens (tertiary/aromatic N) is 1. The van der Waals surface area contributed by atoms with Gasteiger partial charge in [0.05, 0.1) is 0 Å². The molecule has 0 amide bonds. The summed E-state index contributed by atoms with van der Waals surface area (Å²) in [5.74, 6) is 0. The van der Waals surface area contributed by atoms with E-state index in [0.29, 0.717) is 18.7 Å². The zero-order valence-corrected chi connectivity index (χ0v) is 10.9. The first-order valence-electron chi connectivity index (χ1n) is 6.82. The number of aliphatic hydroxyl groups excluding tert-OH is 1. The van der Waals surface area contributed by atoms with Gasteiger partial charge in [-0.1, -0.05) is 6.42 Å². The molecular weight excluding hydrogens is 200 g/mol. The zero-order valence-electron chi connectivity index (χ0n) is 10.9. The van der Waals surface area contributed by atoms with E-state index in [1.54, 1.807) is 0 Å². The lowest BCUT2D eigenvalue weighted by atomic mass is 10.0. The molecule has 3 nitrogen and oxygen atoms in total. The summed E-state index contributed by atoms with van der Waals surface area (Å²) in [6, 6.07) is 1.30. The monoisotopic (exact) mass is 228 g/mol. The van der Waals surface area contributed by atoms with Crippen molar-refractivity contribution < 1.29 is 5.11 Å². The van der Waals surface area contributed by atoms with E-state index in [2.05, 4.69) is 24.1 Å². The summed E-state index contributed by atoms with van der Waals surface area (Å²) in [6.45, 7) is 8.34. The lowest BCUT2D eigenvalue weighted by Gasteiger charge is -2.33. The van der Waals surface area contributed by atoms with Crippen LogP contribution in [0.15, 0.2) is 0 Å². The Hall–Kier alpha value is -0.120. The van der Waals surface area contributed by atoms with E-state index in [1.807, 2.05) is 0 Å². The largest absolute Gasteiger partial charge is 0.396 e. The van der Waals surface area contributed by atoms with Gasteiger partial charge in [-0.05, 0) is 52.6 Å². The molecule has 0 aliphatic carbocycles. The summed E-state index contributed by atoms with van der Waals surface area (Å²) in [5, 5.41) is 12.4. The SMILES string of the molecule is CC(C)N(CCCCO)CC1CCCCN1. The maximum absolute atomic E-state index is 8.81. The first-order chi connectivity index (χ1) is 7.74. The standard InChI is InChI=1S/C13H28N2O/c1-12(2)15(9-5-6-10-16)11-13-7-3-4-8-14-13/h12-14,16H,3-11H2,1-2H3. The van der Waals surface area contributed by atoms with E-state index in [-0.39, 0.29) is 0 Å². The third-order valence-corrected chi connectivity index (χ3v) is 3.45. The van der Waals surface area contributed by atoms with Crippen molar-refractivity contribution in [2.24, 2.45) is 0 Å². The van der Waals surface area contributed by atoms with Crippen molar-refractivity contribution in [2.75, 3.05) is 26.2 Å². The van der Waals surface area contributed by atoms with Crippen LogP contribution in [-0.4, -0.2) is 48.3 Å². The van der Waals surface area contributed by atoms with Gasteiger partial charge in [0.25, 0.3) is 0 Å². The highest BCUT2D eigenvalue weighted by Gasteiger charge is 2.17.